The Bertz CT molecular complexity index is 295. The molecule has 0 N–H and O–H groups in total. The normalized spacial score (nSPS) is 26.9. The van der Waals surface area contributed by atoms with E-state index >= 15 is 0 Å². The van der Waals surface area contributed by atoms with Crippen LogP contribution in [0.1, 0.15) is 6.92 Å². The van der Waals surface area contributed by atoms with Gasteiger partial charge in [-0.15, -0.1) is 0 Å². The summed E-state index contributed by atoms with van der Waals surface area (Å²) in [4.78, 5) is 24.0. The number of methoxy groups -OCH3 is 1. The first-order chi connectivity index (χ1) is 6.60. The smallest absolute Gasteiger partial charge is 0.409 e. The lowest BCUT2D eigenvalue weighted by Gasteiger charge is -2.31. The van der Waals surface area contributed by atoms with Gasteiger partial charge in [-0.3, -0.25) is 4.79 Å². The summed E-state index contributed by atoms with van der Waals surface area (Å²) in [6.07, 6.45) is -0.482. The van der Waals surface area contributed by atoms with Gasteiger partial charge in [0.15, 0.2) is 5.78 Å². The van der Waals surface area contributed by atoms with Crippen molar-refractivity contribution in [1.29, 1.82) is 5.26 Å². The van der Waals surface area contributed by atoms with E-state index in [1.165, 1.54) is 12.0 Å². The Hall–Kier alpha value is -1.57. The Morgan fingerprint density at radius 1 is 1.64 bits per heavy atom. The van der Waals surface area contributed by atoms with Crippen LogP contribution in [0.4, 0.5) is 4.79 Å². The molecule has 2 unspecified atom stereocenters. The predicted octanol–water partition coefficient (Wildman–Crippen LogP) is 0.413. The number of hydrogen-bond acceptors (Lipinski definition) is 4. The molecule has 1 saturated heterocycles. The summed E-state index contributed by atoms with van der Waals surface area (Å²) in [6.45, 7) is 2.19. The molecule has 5 nitrogen and oxygen atoms in total. The Balaban J connectivity index is 2.73. The molecule has 0 radical (unpaired) electrons. The SMILES string of the molecule is COC(=O)N1CC(C)C(=O)C(C#N)C1. The van der Waals surface area contributed by atoms with Crippen LogP contribution in [0.15, 0.2) is 0 Å². The van der Waals surface area contributed by atoms with Gasteiger partial charge in [-0.25, -0.2) is 4.79 Å². The molecule has 2 atom stereocenters. The molecule has 1 aliphatic rings. The lowest BCUT2D eigenvalue weighted by molar-refractivity contribution is -0.127. The average molecular weight is 196 g/mol. The van der Waals surface area contributed by atoms with Gasteiger partial charge in [0, 0.05) is 19.0 Å². The summed E-state index contributed by atoms with van der Waals surface area (Å²) in [5.74, 6) is -1.09. The van der Waals surface area contributed by atoms with Crippen molar-refractivity contribution < 1.29 is 14.3 Å². The number of nitrogens with zero attached hydrogens (tertiary/aromatic N) is 2. The monoisotopic (exact) mass is 196 g/mol. The Labute approximate surface area is 82.2 Å². The standard InChI is InChI=1S/C9H12N2O3/c1-6-4-11(9(13)14-2)5-7(3-10)8(6)12/h6-7H,4-5H2,1-2H3. The Morgan fingerprint density at radius 2 is 2.29 bits per heavy atom. The third kappa shape index (κ3) is 1.84. The van der Waals surface area contributed by atoms with E-state index < -0.39 is 12.0 Å². The fourth-order valence-corrected chi connectivity index (χ4v) is 1.53. The summed E-state index contributed by atoms with van der Waals surface area (Å²) < 4.78 is 4.53. The molecule has 0 saturated carbocycles. The van der Waals surface area contributed by atoms with Crippen LogP contribution >= 0.6 is 0 Å². The van der Waals surface area contributed by atoms with Crippen molar-refractivity contribution in [2.45, 2.75) is 6.92 Å². The minimum Gasteiger partial charge on any atom is -0.453 e. The number of carbonyl (C=O) groups is 2. The van der Waals surface area contributed by atoms with E-state index in [0.717, 1.165) is 0 Å². The predicted molar refractivity (Wildman–Crippen MR) is 47.3 cm³/mol. The van der Waals surface area contributed by atoms with Crippen molar-refractivity contribution in [3.8, 4) is 6.07 Å². The van der Waals surface area contributed by atoms with Gasteiger partial charge in [0.05, 0.1) is 13.2 Å². The van der Waals surface area contributed by atoms with Crippen molar-refractivity contribution in [3.63, 3.8) is 0 Å². The van der Waals surface area contributed by atoms with Gasteiger partial charge in [0.2, 0.25) is 0 Å². The minimum atomic E-state index is -0.710. The molecule has 0 aromatic heterocycles. The maximum Gasteiger partial charge on any atom is 0.409 e. The maximum absolute atomic E-state index is 11.4. The zero-order valence-electron chi connectivity index (χ0n) is 8.19. The van der Waals surface area contributed by atoms with Crippen molar-refractivity contribution >= 4 is 11.9 Å². The second kappa shape index (κ2) is 4.09. The van der Waals surface area contributed by atoms with Crippen molar-refractivity contribution in [1.82, 2.24) is 4.90 Å². The van der Waals surface area contributed by atoms with Crippen LogP contribution in [0.25, 0.3) is 0 Å². The van der Waals surface area contributed by atoms with Crippen LogP contribution in [0, 0.1) is 23.2 Å². The van der Waals surface area contributed by atoms with Crippen LogP contribution in [0.5, 0.6) is 0 Å². The van der Waals surface area contributed by atoms with Gasteiger partial charge in [-0.05, 0) is 0 Å². The lowest BCUT2D eigenvalue weighted by atomic mass is 9.90. The first kappa shape index (κ1) is 10.5. The van der Waals surface area contributed by atoms with Crippen LogP contribution in [-0.4, -0.2) is 37.0 Å². The van der Waals surface area contributed by atoms with Gasteiger partial charge in [-0.2, -0.15) is 5.26 Å². The third-order valence-electron chi connectivity index (χ3n) is 2.32. The highest BCUT2D eigenvalue weighted by molar-refractivity contribution is 5.87. The number of hydrogen-bond donors (Lipinski definition) is 0. The number of nitriles is 1. The molecule has 5 heteroatoms. The summed E-state index contributed by atoms with van der Waals surface area (Å²) in [5.41, 5.74) is 0. The molecule has 0 bridgehead atoms. The molecule has 0 spiro atoms. The summed E-state index contributed by atoms with van der Waals surface area (Å²) >= 11 is 0. The summed E-state index contributed by atoms with van der Waals surface area (Å²) in [7, 11) is 1.28. The van der Waals surface area contributed by atoms with E-state index in [2.05, 4.69) is 4.74 Å². The fraction of sp³-hybridized carbons (Fsp3) is 0.667. The third-order valence-corrected chi connectivity index (χ3v) is 2.32. The number of Topliss-reactive ketones (excluding diaryl/α,β-unsaturated/α-hetero) is 1. The number of carbonyl (C=O) groups excluding carboxylic acids is 2. The first-order valence-electron chi connectivity index (χ1n) is 4.36. The number of amides is 1. The molecule has 1 rings (SSSR count). The highest BCUT2D eigenvalue weighted by atomic mass is 16.5. The Morgan fingerprint density at radius 3 is 2.79 bits per heavy atom. The topological polar surface area (TPSA) is 70.4 Å². The Kier molecular flexibility index (Phi) is 3.07. The molecule has 76 valence electrons. The van der Waals surface area contributed by atoms with Gasteiger partial charge in [0.25, 0.3) is 0 Å². The van der Waals surface area contributed by atoms with Gasteiger partial charge >= 0.3 is 6.09 Å². The van der Waals surface area contributed by atoms with E-state index in [-0.39, 0.29) is 18.2 Å². The fourth-order valence-electron chi connectivity index (χ4n) is 1.53. The van der Waals surface area contributed by atoms with Crippen LogP contribution in [0.3, 0.4) is 0 Å². The largest absolute Gasteiger partial charge is 0.453 e. The molecule has 1 heterocycles. The summed E-state index contributed by atoms with van der Waals surface area (Å²) in [5, 5.41) is 8.70. The summed E-state index contributed by atoms with van der Waals surface area (Å²) in [6, 6.07) is 1.89. The van der Waals surface area contributed by atoms with Crippen LogP contribution in [-0.2, 0) is 9.53 Å². The zero-order chi connectivity index (χ0) is 10.7. The van der Waals surface area contributed by atoms with E-state index in [0.29, 0.717) is 6.54 Å². The number of ketones is 1. The molecular formula is C9H12N2O3. The number of piperidine rings is 1. The van der Waals surface area contributed by atoms with Gasteiger partial charge in [0.1, 0.15) is 5.92 Å². The zero-order valence-corrected chi connectivity index (χ0v) is 8.19. The van der Waals surface area contributed by atoms with Crippen molar-refractivity contribution in [2.75, 3.05) is 20.2 Å². The van der Waals surface area contributed by atoms with E-state index in [1.54, 1.807) is 6.92 Å². The quantitative estimate of drug-likeness (QED) is 0.562. The molecule has 0 aromatic rings. The van der Waals surface area contributed by atoms with Crippen molar-refractivity contribution in [3.05, 3.63) is 0 Å². The second-order valence-electron chi connectivity index (χ2n) is 3.36. The van der Waals surface area contributed by atoms with E-state index in [1.807, 2.05) is 6.07 Å². The van der Waals surface area contributed by atoms with E-state index in [9.17, 15) is 9.59 Å². The number of likely N-dealkylation sites (tertiary alicyclic amines) is 1. The first-order valence-corrected chi connectivity index (χ1v) is 4.36. The second-order valence-corrected chi connectivity index (χ2v) is 3.36. The molecule has 1 amide bonds. The molecule has 0 aromatic carbocycles. The molecular weight excluding hydrogens is 184 g/mol. The highest BCUT2D eigenvalue weighted by Gasteiger charge is 2.35. The maximum atomic E-state index is 11.4. The molecule has 1 aliphatic heterocycles. The average Bonchev–Trinajstić information content (AvgIpc) is 2.20. The molecule has 1 fully saturated rings. The number of ether oxygens (including phenoxy) is 1. The van der Waals surface area contributed by atoms with Crippen LogP contribution in [0.2, 0.25) is 0 Å². The van der Waals surface area contributed by atoms with Crippen molar-refractivity contribution in [2.24, 2.45) is 11.8 Å². The number of rotatable bonds is 0. The molecule has 0 aliphatic carbocycles. The van der Waals surface area contributed by atoms with Gasteiger partial charge < -0.3 is 9.64 Å². The molecule has 14 heavy (non-hydrogen) atoms. The van der Waals surface area contributed by atoms with Crippen LogP contribution < -0.4 is 0 Å². The van der Waals surface area contributed by atoms with Gasteiger partial charge in [-0.1, -0.05) is 6.92 Å². The lowest BCUT2D eigenvalue weighted by Crippen LogP contribution is -2.48. The minimum absolute atomic E-state index is 0.0901. The van der Waals surface area contributed by atoms with E-state index in [4.69, 9.17) is 5.26 Å². The highest BCUT2D eigenvalue weighted by Crippen LogP contribution is 2.17.